The van der Waals surface area contributed by atoms with E-state index in [1.165, 1.54) is 4.88 Å². The van der Waals surface area contributed by atoms with Gasteiger partial charge in [-0.25, -0.2) is 4.98 Å². The maximum Gasteiger partial charge on any atom is 0.257 e. The van der Waals surface area contributed by atoms with Crippen molar-refractivity contribution in [2.75, 3.05) is 12.4 Å². The summed E-state index contributed by atoms with van der Waals surface area (Å²) in [7, 11) is 1.64. The van der Waals surface area contributed by atoms with Gasteiger partial charge in [-0.05, 0) is 79.0 Å². The van der Waals surface area contributed by atoms with Crippen molar-refractivity contribution in [3.63, 3.8) is 0 Å². The lowest BCUT2D eigenvalue weighted by atomic mass is 9.69. The van der Waals surface area contributed by atoms with Crippen molar-refractivity contribution in [1.82, 2.24) is 4.98 Å². The number of hydrogen-bond donors (Lipinski definition) is 1. The van der Waals surface area contributed by atoms with Crippen LogP contribution >= 0.6 is 11.3 Å². The number of aromatic nitrogens is 1. The minimum Gasteiger partial charge on any atom is -0.497 e. The second-order valence-corrected chi connectivity index (χ2v) is 11.9. The van der Waals surface area contributed by atoms with Gasteiger partial charge in [0.15, 0.2) is 0 Å². The summed E-state index contributed by atoms with van der Waals surface area (Å²) >= 11 is 1.57. The summed E-state index contributed by atoms with van der Waals surface area (Å²) in [6.07, 6.45) is 4.05. The number of nitriles is 1. The molecule has 1 N–H and O–H groups in total. The minimum atomic E-state index is -0.212. The van der Waals surface area contributed by atoms with E-state index in [-0.39, 0.29) is 11.3 Å². The van der Waals surface area contributed by atoms with Crippen LogP contribution in [0.2, 0.25) is 0 Å². The molecule has 0 saturated carbocycles. The van der Waals surface area contributed by atoms with Crippen molar-refractivity contribution in [3.8, 4) is 23.1 Å². The van der Waals surface area contributed by atoms with Crippen molar-refractivity contribution in [1.29, 1.82) is 5.26 Å². The highest BCUT2D eigenvalue weighted by Crippen LogP contribution is 2.45. The van der Waals surface area contributed by atoms with Crippen molar-refractivity contribution >= 4 is 33.1 Å². The first-order valence-corrected chi connectivity index (χ1v) is 14.0. The highest BCUT2D eigenvalue weighted by atomic mass is 32.1. The van der Waals surface area contributed by atoms with Crippen LogP contribution < -0.4 is 10.1 Å². The van der Waals surface area contributed by atoms with Gasteiger partial charge in [0.2, 0.25) is 0 Å². The molecule has 1 atom stereocenters. The standard InChI is InChI=1S/C32H33N3O2S/c1-6-32(3,4)21-13-16-23-25(18-33)31(38-27(23)17-21)35-30(36)28-19(2)29(20-11-14-22(37-5)15-12-20)34-26-10-8-7-9-24(26)28/h7-12,14-15,21H,6,13,16-17H2,1-5H3,(H,35,36). The van der Waals surface area contributed by atoms with E-state index in [1.54, 1.807) is 18.4 Å². The molecule has 0 saturated heterocycles. The molecule has 2 aromatic carbocycles. The first kappa shape index (κ1) is 25.9. The molecule has 1 amide bonds. The molecule has 4 aromatic rings. The number of methoxy groups -OCH3 is 1. The monoisotopic (exact) mass is 523 g/mol. The molecule has 0 bridgehead atoms. The third-order valence-electron chi connectivity index (χ3n) is 8.35. The van der Waals surface area contributed by atoms with E-state index in [9.17, 15) is 10.1 Å². The van der Waals surface area contributed by atoms with Crippen LogP contribution in [0.15, 0.2) is 48.5 Å². The Balaban J connectivity index is 1.55. The Hall–Kier alpha value is -3.69. The van der Waals surface area contributed by atoms with E-state index < -0.39 is 0 Å². The number of benzene rings is 2. The quantitative estimate of drug-likeness (QED) is 0.278. The van der Waals surface area contributed by atoms with E-state index >= 15 is 0 Å². The number of fused-ring (bicyclic) bond motifs is 2. The summed E-state index contributed by atoms with van der Waals surface area (Å²) in [5.74, 6) is 1.13. The number of carbonyl (C=O) groups excluding carboxylic acids is 1. The van der Waals surface area contributed by atoms with Gasteiger partial charge in [0, 0.05) is 15.8 Å². The molecule has 2 aromatic heterocycles. The van der Waals surface area contributed by atoms with Gasteiger partial charge in [0.1, 0.15) is 16.8 Å². The zero-order valence-electron chi connectivity index (χ0n) is 22.6. The van der Waals surface area contributed by atoms with Gasteiger partial charge in [-0.2, -0.15) is 5.26 Å². The highest BCUT2D eigenvalue weighted by molar-refractivity contribution is 7.16. The van der Waals surface area contributed by atoms with Gasteiger partial charge in [-0.15, -0.1) is 11.3 Å². The zero-order chi connectivity index (χ0) is 27.0. The Morgan fingerprint density at radius 2 is 1.95 bits per heavy atom. The Kier molecular flexibility index (Phi) is 6.98. The number of pyridine rings is 1. The molecule has 194 valence electrons. The van der Waals surface area contributed by atoms with Gasteiger partial charge in [0.25, 0.3) is 5.91 Å². The third-order valence-corrected chi connectivity index (χ3v) is 9.52. The number of nitrogens with zero attached hydrogens (tertiary/aromatic N) is 2. The van der Waals surface area contributed by atoms with Crippen LogP contribution in [0.1, 0.15) is 65.5 Å². The van der Waals surface area contributed by atoms with E-state index in [0.29, 0.717) is 22.0 Å². The number of ether oxygens (including phenoxy) is 1. The van der Waals surface area contributed by atoms with Crippen LogP contribution in [0, 0.1) is 29.6 Å². The lowest BCUT2D eigenvalue weighted by Gasteiger charge is -2.36. The Morgan fingerprint density at radius 1 is 1.21 bits per heavy atom. The predicted octanol–water partition coefficient (Wildman–Crippen LogP) is 7.95. The summed E-state index contributed by atoms with van der Waals surface area (Å²) < 4.78 is 5.31. The van der Waals surface area contributed by atoms with Crippen LogP contribution in [0.3, 0.4) is 0 Å². The Bertz CT molecular complexity index is 1560. The van der Waals surface area contributed by atoms with Gasteiger partial charge < -0.3 is 10.1 Å². The smallest absolute Gasteiger partial charge is 0.257 e. The number of thiophene rings is 1. The van der Waals surface area contributed by atoms with Gasteiger partial charge in [0.05, 0.1) is 29.4 Å². The van der Waals surface area contributed by atoms with Gasteiger partial charge in [-0.1, -0.05) is 45.4 Å². The molecule has 5 nitrogen and oxygen atoms in total. The topological polar surface area (TPSA) is 75.0 Å². The molecule has 0 aliphatic heterocycles. The summed E-state index contributed by atoms with van der Waals surface area (Å²) in [5.41, 5.74) is 5.80. The largest absolute Gasteiger partial charge is 0.497 e. The fraction of sp³-hybridized carbons (Fsp3) is 0.344. The first-order valence-electron chi connectivity index (χ1n) is 13.2. The number of anilines is 1. The minimum absolute atomic E-state index is 0.212. The van der Waals surface area contributed by atoms with Crippen molar-refractivity contribution in [2.24, 2.45) is 11.3 Å². The van der Waals surface area contributed by atoms with Crippen LogP contribution in [-0.4, -0.2) is 18.0 Å². The third kappa shape index (κ3) is 4.56. The van der Waals surface area contributed by atoms with Crippen LogP contribution in [0.25, 0.3) is 22.2 Å². The summed E-state index contributed by atoms with van der Waals surface area (Å²) in [6, 6.07) is 17.8. The maximum absolute atomic E-state index is 13.9. The molecular formula is C32H33N3O2S. The molecule has 5 rings (SSSR count). The zero-order valence-corrected chi connectivity index (χ0v) is 23.5. The van der Waals surface area contributed by atoms with E-state index in [1.807, 2.05) is 55.5 Å². The highest BCUT2D eigenvalue weighted by Gasteiger charge is 2.34. The van der Waals surface area contributed by atoms with Crippen LogP contribution in [-0.2, 0) is 12.8 Å². The fourth-order valence-corrected chi connectivity index (χ4v) is 6.82. The number of para-hydroxylation sites is 1. The number of hydrogen-bond acceptors (Lipinski definition) is 5. The summed E-state index contributed by atoms with van der Waals surface area (Å²) in [5, 5.41) is 14.7. The van der Waals surface area contributed by atoms with E-state index in [2.05, 4.69) is 32.2 Å². The average Bonchev–Trinajstić information content (AvgIpc) is 3.28. The predicted molar refractivity (Wildman–Crippen MR) is 155 cm³/mol. The van der Waals surface area contributed by atoms with Crippen molar-refractivity contribution < 1.29 is 9.53 Å². The summed E-state index contributed by atoms with van der Waals surface area (Å²) in [4.78, 5) is 20.1. The molecule has 2 heterocycles. The molecule has 6 heteroatoms. The maximum atomic E-state index is 13.9. The lowest BCUT2D eigenvalue weighted by molar-refractivity contribution is 0.102. The molecule has 1 aliphatic rings. The molecule has 0 fully saturated rings. The number of nitrogens with one attached hydrogen (secondary N) is 1. The SMILES string of the molecule is CCC(C)(C)C1CCc2c(sc(NC(=O)c3c(C)c(-c4ccc(OC)cc4)nc4ccccc34)c2C#N)C1. The van der Waals surface area contributed by atoms with E-state index in [0.717, 1.165) is 64.7 Å². The molecule has 1 aliphatic carbocycles. The average molecular weight is 524 g/mol. The van der Waals surface area contributed by atoms with Crippen molar-refractivity contribution in [3.05, 3.63) is 75.7 Å². The first-order chi connectivity index (χ1) is 18.3. The Morgan fingerprint density at radius 3 is 2.63 bits per heavy atom. The number of carbonyl (C=O) groups is 1. The number of rotatable bonds is 6. The molecule has 0 spiro atoms. The van der Waals surface area contributed by atoms with Gasteiger partial charge in [-0.3, -0.25) is 4.79 Å². The van der Waals surface area contributed by atoms with Gasteiger partial charge >= 0.3 is 0 Å². The van der Waals surface area contributed by atoms with E-state index in [4.69, 9.17) is 9.72 Å². The normalized spacial score (nSPS) is 15.1. The number of amides is 1. The van der Waals surface area contributed by atoms with Crippen LogP contribution in [0.5, 0.6) is 5.75 Å². The Labute approximate surface area is 228 Å². The second kappa shape index (κ2) is 10.2. The fourth-order valence-electron chi connectivity index (χ4n) is 5.54. The second-order valence-electron chi connectivity index (χ2n) is 10.8. The molecule has 38 heavy (non-hydrogen) atoms. The van der Waals surface area contributed by atoms with Crippen molar-refractivity contribution in [2.45, 2.75) is 53.4 Å². The molecule has 0 radical (unpaired) electrons. The summed E-state index contributed by atoms with van der Waals surface area (Å²) in [6.45, 7) is 8.86. The molecular weight excluding hydrogens is 490 g/mol. The lowest BCUT2D eigenvalue weighted by Crippen LogP contribution is -2.28. The van der Waals surface area contributed by atoms with Crippen LogP contribution in [0.4, 0.5) is 5.00 Å². The molecule has 1 unspecified atom stereocenters.